The number of benzene rings is 2. The number of sulfonamides is 1. The van der Waals surface area contributed by atoms with Crippen molar-refractivity contribution in [2.75, 3.05) is 6.54 Å². The van der Waals surface area contributed by atoms with E-state index in [9.17, 15) is 13.2 Å². The molecule has 1 N–H and O–H groups in total. The molecule has 26 heavy (non-hydrogen) atoms. The van der Waals surface area contributed by atoms with Crippen LogP contribution in [0.5, 0.6) is 0 Å². The van der Waals surface area contributed by atoms with Crippen molar-refractivity contribution in [1.29, 1.82) is 0 Å². The number of aryl methyl sites for hydroxylation is 2. The minimum atomic E-state index is -3.55. The van der Waals surface area contributed by atoms with Gasteiger partial charge in [0.05, 0.1) is 4.90 Å². The van der Waals surface area contributed by atoms with Crippen LogP contribution in [-0.4, -0.2) is 25.8 Å². The van der Waals surface area contributed by atoms with E-state index in [0.717, 1.165) is 35.2 Å². The molecule has 138 valence electrons. The summed E-state index contributed by atoms with van der Waals surface area (Å²) in [6.07, 6.45) is 1.56. The van der Waals surface area contributed by atoms with Crippen molar-refractivity contribution < 1.29 is 13.2 Å². The van der Waals surface area contributed by atoms with Gasteiger partial charge in [-0.2, -0.15) is 0 Å². The van der Waals surface area contributed by atoms with Gasteiger partial charge in [-0.1, -0.05) is 36.4 Å². The lowest BCUT2D eigenvalue weighted by molar-refractivity contribution is -0.128. The molecule has 0 aliphatic carbocycles. The third-order valence-electron chi connectivity index (χ3n) is 4.67. The molecule has 0 radical (unpaired) electrons. The fourth-order valence-corrected chi connectivity index (χ4v) is 4.45. The normalized spacial score (nSPS) is 14.8. The average Bonchev–Trinajstić information content (AvgIpc) is 3.01. The van der Waals surface area contributed by atoms with Crippen LogP contribution in [0.3, 0.4) is 0 Å². The van der Waals surface area contributed by atoms with Crippen LogP contribution < -0.4 is 4.72 Å². The maximum Gasteiger partial charge on any atom is 0.241 e. The minimum Gasteiger partial charge on any atom is -0.338 e. The fraction of sp³-hybridized carbons (Fsp3) is 0.350. The molecular formula is C20H24N2O3S. The molecule has 5 nitrogen and oxygen atoms in total. The Labute approximate surface area is 155 Å². The Morgan fingerprint density at radius 2 is 1.73 bits per heavy atom. The van der Waals surface area contributed by atoms with Crippen molar-refractivity contribution in [1.82, 2.24) is 9.62 Å². The Kier molecular flexibility index (Phi) is 5.44. The van der Waals surface area contributed by atoms with Gasteiger partial charge in [-0.05, 0) is 48.6 Å². The van der Waals surface area contributed by atoms with Crippen molar-refractivity contribution in [2.45, 2.75) is 44.7 Å². The lowest BCUT2D eigenvalue weighted by Gasteiger charge is -2.15. The van der Waals surface area contributed by atoms with Gasteiger partial charge in [0.25, 0.3) is 0 Å². The van der Waals surface area contributed by atoms with Crippen LogP contribution in [0.1, 0.15) is 35.1 Å². The molecule has 1 aliphatic rings. The maximum absolute atomic E-state index is 12.6. The molecule has 2 aromatic carbocycles. The van der Waals surface area contributed by atoms with Crippen molar-refractivity contribution in [2.24, 2.45) is 0 Å². The zero-order valence-electron chi connectivity index (χ0n) is 15.2. The monoisotopic (exact) mass is 372 g/mol. The van der Waals surface area contributed by atoms with E-state index in [2.05, 4.69) is 4.72 Å². The number of nitrogens with zero attached hydrogens (tertiary/aromatic N) is 1. The largest absolute Gasteiger partial charge is 0.338 e. The summed E-state index contributed by atoms with van der Waals surface area (Å²) in [6, 6.07) is 13.1. The van der Waals surface area contributed by atoms with Crippen LogP contribution in [0, 0.1) is 13.8 Å². The van der Waals surface area contributed by atoms with Crippen molar-refractivity contribution in [3.05, 3.63) is 64.7 Å². The van der Waals surface area contributed by atoms with Crippen LogP contribution in [0.25, 0.3) is 0 Å². The number of amides is 1. The van der Waals surface area contributed by atoms with E-state index in [1.807, 2.05) is 48.2 Å². The summed E-state index contributed by atoms with van der Waals surface area (Å²) in [5.41, 5.74) is 3.59. The summed E-state index contributed by atoms with van der Waals surface area (Å²) in [5, 5.41) is 0. The molecule has 1 heterocycles. The summed E-state index contributed by atoms with van der Waals surface area (Å²) in [6.45, 7) is 5.34. The summed E-state index contributed by atoms with van der Waals surface area (Å²) >= 11 is 0. The Balaban J connectivity index is 1.64. The van der Waals surface area contributed by atoms with Gasteiger partial charge < -0.3 is 4.90 Å². The lowest BCUT2D eigenvalue weighted by Crippen LogP contribution is -2.24. The molecule has 2 aromatic rings. The van der Waals surface area contributed by atoms with Crippen LogP contribution >= 0.6 is 0 Å². The van der Waals surface area contributed by atoms with E-state index in [-0.39, 0.29) is 12.5 Å². The van der Waals surface area contributed by atoms with Gasteiger partial charge in [0.1, 0.15) is 0 Å². The molecule has 3 rings (SSSR count). The van der Waals surface area contributed by atoms with E-state index >= 15 is 0 Å². The molecule has 1 saturated heterocycles. The first-order chi connectivity index (χ1) is 12.3. The van der Waals surface area contributed by atoms with Gasteiger partial charge in [0, 0.05) is 26.1 Å². The highest BCUT2D eigenvalue weighted by atomic mass is 32.2. The van der Waals surface area contributed by atoms with Crippen molar-refractivity contribution >= 4 is 15.9 Å². The lowest BCUT2D eigenvalue weighted by atomic mass is 10.1. The molecule has 0 unspecified atom stereocenters. The first-order valence-corrected chi connectivity index (χ1v) is 10.3. The zero-order chi connectivity index (χ0) is 18.7. The Morgan fingerprint density at radius 3 is 2.38 bits per heavy atom. The first kappa shape index (κ1) is 18.6. The molecule has 0 aromatic heterocycles. The molecule has 0 saturated carbocycles. The number of rotatable bonds is 6. The summed E-state index contributed by atoms with van der Waals surface area (Å²) in [4.78, 5) is 13.9. The predicted molar refractivity (Wildman–Crippen MR) is 101 cm³/mol. The van der Waals surface area contributed by atoms with E-state index in [0.29, 0.717) is 17.9 Å². The van der Waals surface area contributed by atoms with Gasteiger partial charge in [0.2, 0.25) is 15.9 Å². The average molecular weight is 372 g/mol. The molecule has 1 aliphatic heterocycles. The SMILES string of the molecule is Cc1ccc(C)c(S(=O)(=O)NCc2ccc(CN3CCCC3=O)cc2)c1. The van der Waals surface area contributed by atoms with E-state index in [4.69, 9.17) is 0 Å². The van der Waals surface area contributed by atoms with Crippen LogP contribution in [-0.2, 0) is 27.9 Å². The molecule has 1 fully saturated rings. The minimum absolute atomic E-state index is 0.204. The van der Waals surface area contributed by atoms with Gasteiger partial charge in [0.15, 0.2) is 0 Å². The first-order valence-electron chi connectivity index (χ1n) is 8.78. The Hall–Kier alpha value is -2.18. The molecule has 6 heteroatoms. The smallest absolute Gasteiger partial charge is 0.241 e. The van der Waals surface area contributed by atoms with Crippen molar-refractivity contribution in [3.63, 3.8) is 0 Å². The molecule has 0 bridgehead atoms. The number of hydrogen-bond donors (Lipinski definition) is 1. The highest BCUT2D eigenvalue weighted by molar-refractivity contribution is 7.89. The molecule has 0 spiro atoms. The number of likely N-dealkylation sites (tertiary alicyclic amines) is 1. The standard InChI is InChI=1S/C20H24N2O3S/c1-15-5-6-16(2)19(12-15)26(24,25)21-13-17-7-9-18(10-8-17)14-22-11-3-4-20(22)23/h5-10,12,21H,3-4,11,13-14H2,1-2H3. The quantitative estimate of drug-likeness (QED) is 0.848. The second kappa shape index (κ2) is 7.60. The second-order valence-electron chi connectivity index (χ2n) is 6.83. The van der Waals surface area contributed by atoms with E-state index in [1.165, 1.54) is 0 Å². The highest BCUT2D eigenvalue weighted by Crippen LogP contribution is 2.18. The number of hydrogen-bond acceptors (Lipinski definition) is 3. The summed E-state index contributed by atoms with van der Waals surface area (Å²) in [7, 11) is -3.55. The summed E-state index contributed by atoms with van der Waals surface area (Å²) in [5.74, 6) is 0.204. The topological polar surface area (TPSA) is 66.5 Å². The summed E-state index contributed by atoms with van der Waals surface area (Å²) < 4.78 is 27.8. The maximum atomic E-state index is 12.6. The predicted octanol–water partition coefficient (Wildman–Crippen LogP) is 2.90. The van der Waals surface area contributed by atoms with Gasteiger partial charge in [-0.3, -0.25) is 4.79 Å². The van der Waals surface area contributed by atoms with E-state index in [1.54, 1.807) is 13.0 Å². The molecular weight excluding hydrogens is 348 g/mol. The Morgan fingerprint density at radius 1 is 1.04 bits per heavy atom. The number of nitrogens with one attached hydrogen (secondary N) is 1. The van der Waals surface area contributed by atoms with Gasteiger partial charge in [-0.25, -0.2) is 13.1 Å². The van der Waals surface area contributed by atoms with Crippen molar-refractivity contribution in [3.8, 4) is 0 Å². The molecule has 1 amide bonds. The third kappa shape index (κ3) is 4.31. The van der Waals surface area contributed by atoms with E-state index < -0.39 is 10.0 Å². The Bertz CT molecular complexity index is 905. The molecule has 0 atom stereocenters. The highest BCUT2D eigenvalue weighted by Gasteiger charge is 2.20. The fourth-order valence-electron chi connectivity index (χ4n) is 3.11. The van der Waals surface area contributed by atoms with Crippen LogP contribution in [0.4, 0.5) is 0 Å². The van der Waals surface area contributed by atoms with Crippen LogP contribution in [0.2, 0.25) is 0 Å². The van der Waals surface area contributed by atoms with Gasteiger partial charge >= 0.3 is 0 Å². The second-order valence-corrected chi connectivity index (χ2v) is 8.56. The van der Waals surface area contributed by atoms with Gasteiger partial charge in [-0.15, -0.1) is 0 Å². The number of carbonyl (C=O) groups is 1. The number of carbonyl (C=O) groups excluding carboxylic acids is 1. The van der Waals surface area contributed by atoms with Crippen LogP contribution in [0.15, 0.2) is 47.4 Å². The third-order valence-corrected chi connectivity index (χ3v) is 6.21. The zero-order valence-corrected chi connectivity index (χ0v) is 16.0.